The summed E-state index contributed by atoms with van der Waals surface area (Å²) in [6, 6.07) is 32.8. The van der Waals surface area contributed by atoms with Gasteiger partial charge in [0, 0.05) is 0 Å². The minimum absolute atomic E-state index is 0.499. The molecule has 0 nitrogen and oxygen atoms in total. The summed E-state index contributed by atoms with van der Waals surface area (Å²) in [6.07, 6.45) is 9.91. The van der Waals surface area contributed by atoms with E-state index in [1.807, 2.05) is 0 Å². The van der Waals surface area contributed by atoms with E-state index in [2.05, 4.69) is 162 Å². The van der Waals surface area contributed by atoms with Crippen LogP contribution in [0.2, 0.25) is 52.4 Å². The second kappa shape index (κ2) is 10.1. The normalized spacial score (nSPS) is 18.0. The molecule has 0 saturated heterocycles. The molecule has 0 fully saturated rings. The summed E-state index contributed by atoms with van der Waals surface area (Å²) in [4.78, 5) is 0. The van der Waals surface area contributed by atoms with E-state index in [0.29, 0.717) is 11.1 Å². The molecule has 2 aliphatic rings. The van der Waals surface area contributed by atoms with E-state index in [-0.39, 0.29) is 0 Å². The highest BCUT2D eigenvalue weighted by Crippen LogP contribution is 2.49. The fourth-order valence-electron chi connectivity index (χ4n) is 6.97. The maximum Gasteiger partial charge on any atom is 0.0775 e. The molecule has 6 rings (SSSR count). The number of hydrogen-bond acceptors (Lipinski definition) is 0. The second-order valence-corrected chi connectivity index (χ2v) is 29.8. The first-order valence-electron chi connectivity index (χ1n) is 15.2. The van der Waals surface area contributed by atoms with E-state index in [9.17, 15) is 0 Å². The van der Waals surface area contributed by atoms with Gasteiger partial charge in [0.2, 0.25) is 0 Å². The van der Waals surface area contributed by atoms with Gasteiger partial charge in [0.1, 0.15) is 0 Å². The van der Waals surface area contributed by atoms with Crippen molar-refractivity contribution in [3.05, 3.63) is 119 Å². The van der Waals surface area contributed by atoms with Gasteiger partial charge in [0.25, 0.3) is 0 Å². The van der Waals surface area contributed by atoms with Gasteiger partial charge in [-0.15, -0.1) is 0 Å². The van der Waals surface area contributed by atoms with E-state index in [1.165, 1.54) is 54.9 Å². The maximum atomic E-state index is 2.60. The summed E-state index contributed by atoms with van der Waals surface area (Å²) >= 11 is 0. The average molecular weight is 585 g/mol. The molecule has 0 aliphatic heterocycles. The molecule has 0 heterocycles. The Kier molecular flexibility index (Phi) is 6.92. The third kappa shape index (κ3) is 5.03. The van der Waals surface area contributed by atoms with Crippen LogP contribution in [0.1, 0.15) is 33.3 Å². The van der Waals surface area contributed by atoms with Gasteiger partial charge >= 0.3 is 0 Å². The Bertz CT molecular complexity index is 1530. The molecule has 3 heteroatoms. The first-order valence-corrected chi connectivity index (χ1v) is 25.4. The minimum atomic E-state index is -1.82. The van der Waals surface area contributed by atoms with Crippen LogP contribution in [0, 0.1) is 0 Å². The fraction of sp³-hybridized carbons (Fsp3) is 0.263. The SMILES string of the molecule is C[Si](C)(C)c1ccc(-c2cccc3c2C=CC3[Si](C)(C)C2C=Cc3c(-c4ccc([Si](C)(C)C)cc4)cccc32)cc1. The van der Waals surface area contributed by atoms with E-state index >= 15 is 0 Å². The summed E-state index contributed by atoms with van der Waals surface area (Å²) in [7, 11) is -4.43. The summed E-state index contributed by atoms with van der Waals surface area (Å²) in [5.74, 6) is 0. The molecule has 2 aliphatic carbocycles. The largest absolute Gasteiger partial charge is 0.0791 e. The van der Waals surface area contributed by atoms with Crippen molar-refractivity contribution < 1.29 is 0 Å². The standard InChI is InChI=1S/C38H44Si3/c1-39(2,3)29-19-15-27(16-20-29)31-11-9-13-35-33(31)23-25-37(35)41(7,8)38-26-24-34-32(12-10-14-36(34)38)28-17-21-30(22-18-28)40(4,5)6/h9-26,37-38H,1-8H3. The molecule has 208 valence electrons. The summed E-state index contributed by atoms with van der Waals surface area (Å²) in [5.41, 5.74) is 12.3. The van der Waals surface area contributed by atoms with Crippen LogP contribution in [0.4, 0.5) is 0 Å². The van der Waals surface area contributed by atoms with Gasteiger partial charge < -0.3 is 0 Å². The van der Waals surface area contributed by atoms with E-state index < -0.39 is 24.2 Å². The predicted octanol–water partition coefficient (Wildman–Crippen LogP) is 9.82. The van der Waals surface area contributed by atoms with Gasteiger partial charge in [-0.2, -0.15) is 0 Å². The first-order chi connectivity index (χ1) is 19.4. The lowest BCUT2D eigenvalue weighted by Crippen LogP contribution is -2.40. The van der Waals surface area contributed by atoms with Crippen LogP contribution < -0.4 is 10.4 Å². The molecule has 0 amide bonds. The van der Waals surface area contributed by atoms with Crippen LogP contribution in [0.3, 0.4) is 0 Å². The minimum Gasteiger partial charge on any atom is -0.0791 e. The zero-order valence-corrected chi connectivity index (χ0v) is 29.0. The van der Waals surface area contributed by atoms with Gasteiger partial charge in [-0.25, -0.2) is 0 Å². The van der Waals surface area contributed by atoms with Gasteiger partial charge in [0.15, 0.2) is 0 Å². The maximum absolute atomic E-state index is 2.60. The Morgan fingerprint density at radius 2 is 0.805 bits per heavy atom. The number of benzene rings is 4. The zero-order valence-electron chi connectivity index (χ0n) is 26.0. The van der Waals surface area contributed by atoms with Crippen molar-refractivity contribution in [1.82, 2.24) is 0 Å². The van der Waals surface area contributed by atoms with Crippen LogP contribution in [0.15, 0.2) is 97.1 Å². The third-order valence-electron chi connectivity index (χ3n) is 9.59. The molecule has 4 aromatic carbocycles. The highest BCUT2D eigenvalue weighted by atomic mass is 28.3. The highest BCUT2D eigenvalue weighted by Gasteiger charge is 2.43. The lowest BCUT2D eigenvalue weighted by Gasteiger charge is -2.35. The van der Waals surface area contributed by atoms with Crippen LogP contribution in [0.25, 0.3) is 34.4 Å². The zero-order chi connectivity index (χ0) is 29.2. The van der Waals surface area contributed by atoms with Crippen LogP contribution in [-0.2, 0) is 0 Å². The van der Waals surface area contributed by atoms with Crippen molar-refractivity contribution in [3.8, 4) is 22.3 Å². The lowest BCUT2D eigenvalue weighted by molar-refractivity contribution is 1.05. The number of fused-ring (bicyclic) bond motifs is 2. The molecular weight excluding hydrogens is 541 g/mol. The van der Waals surface area contributed by atoms with Crippen molar-refractivity contribution in [2.75, 3.05) is 0 Å². The van der Waals surface area contributed by atoms with Crippen molar-refractivity contribution in [1.29, 1.82) is 0 Å². The topological polar surface area (TPSA) is 0 Å². The van der Waals surface area contributed by atoms with Crippen LogP contribution in [0.5, 0.6) is 0 Å². The monoisotopic (exact) mass is 584 g/mol. The van der Waals surface area contributed by atoms with Crippen molar-refractivity contribution >= 4 is 46.7 Å². The molecule has 41 heavy (non-hydrogen) atoms. The molecule has 0 aromatic heterocycles. The Balaban J connectivity index is 1.32. The first kappa shape index (κ1) is 28.1. The van der Waals surface area contributed by atoms with Gasteiger partial charge in [0.05, 0.1) is 24.2 Å². The predicted molar refractivity (Wildman–Crippen MR) is 191 cm³/mol. The van der Waals surface area contributed by atoms with Crippen LogP contribution >= 0.6 is 0 Å². The Hall–Kier alpha value is -2.99. The Morgan fingerprint density at radius 1 is 0.439 bits per heavy atom. The van der Waals surface area contributed by atoms with Crippen molar-refractivity contribution in [2.45, 2.75) is 63.5 Å². The smallest absolute Gasteiger partial charge is 0.0775 e. The quantitative estimate of drug-likeness (QED) is 0.198. The summed E-state index contributed by atoms with van der Waals surface area (Å²) < 4.78 is 0. The fourth-order valence-corrected chi connectivity index (χ4v) is 13.0. The molecule has 2 unspecified atom stereocenters. The number of allylic oxidation sites excluding steroid dienone is 2. The molecule has 0 radical (unpaired) electrons. The van der Waals surface area contributed by atoms with E-state index in [1.54, 1.807) is 0 Å². The summed E-state index contributed by atoms with van der Waals surface area (Å²) in [5, 5.41) is 3.04. The van der Waals surface area contributed by atoms with Gasteiger partial charge in [-0.05, 0) is 55.6 Å². The van der Waals surface area contributed by atoms with Crippen molar-refractivity contribution in [2.24, 2.45) is 0 Å². The Labute approximate surface area is 250 Å². The highest BCUT2D eigenvalue weighted by molar-refractivity contribution is 6.89. The molecule has 2 atom stereocenters. The number of hydrogen-bond donors (Lipinski definition) is 0. The summed E-state index contributed by atoms with van der Waals surface area (Å²) in [6.45, 7) is 19.7. The van der Waals surface area contributed by atoms with Crippen molar-refractivity contribution in [3.63, 3.8) is 0 Å². The molecule has 4 aromatic rings. The van der Waals surface area contributed by atoms with Crippen LogP contribution in [-0.4, -0.2) is 24.2 Å². The molecular formula is C38H44Si3. The van der Waals surface area contributed by atoms with E-state index in [0.717, 1.165) is 0 Å². The molecule has 0 saturated carbocycles. The lowest BCUT2D eigenvalue weighted by atomic mass is 9.97. The Morgan fingerprint density at radius 3 is 1.15 bits per heavy atom. The number of rotatable bonds is 6. The third-order valence-corrected chi connectivity index (χ3v) is 17.9. The second-order valence-electron chi connectivity index (χ2n) is 14.8. The van der Waals surface area contributed by atoms with Gasteiger partial charge in [-0.1, -0.05) is 172 Å². The van der Waals surface area contributed by atoms with E-state index in [4.69, 9.17) is 0 Å². The molecule has 0 N–H and O–H groups in total. The van der Waals surface area contributed by atoms with Gasteiger partial charge in [-0.3, -0.25) is 0 Å². The molecule has 0 spiro atoms. The molecule has 0 bridgehead atoms. The average Bonchev–Trinajstić information content (AvgIpc) is 3.58.